The number of carbonyl (C=O) groups is 1. The summed E-state index contributed by atoms with van der Waals surface area (Å²) in [7, 11) is 0. The number of halogens is 3. The van der Waals surface area contributed by atoms with Gasteiger partial charge in [-0.3, -0.25) is 4.79 Å². The van der Waals surface area contributed by atoms with Gasteiger partial charge in [0.1, 0.15) is 11.9 Å². The number of amides is 1. The molecule has 1 unspecified atom stereocenters. The van der Waals surface area contributed by atoms with Crippen LogP contribution in [0.15, 0.2) is 48.5 Å². The lowest BCUT2D eigenvalue weighted by atomic mass is 10.0. The van der Waals surface area contributed by atoms with Crippen molar-refractivity contribution in [2.45, 2.75) is 25.9 Å². The first-order valence-corrected chi connectivity index (χ1v) is 7.92. The summed E-state index contributed by atoms with van der Waals surface area (Å²) in [6, 6.07) is 12.8. The predicted octanol–water partition coefficient (Wildman–Crippen LogP) is 4.56. The van der Waals surface area contributed by atoms with Crippen LogP contribution in [0.4, 0.5) is 18.9 Å². The lowest BCUT2D eigenvalue weighted by Gasteiger charge is -2.38. The largest absolute Gasteiger partial charge is 0.573 e. The number of nitrogens with zero attached hydrogens (tertiary/aromatic N) is 1. The molecule has 0 fully saturated rings. The standard InChI is InChI=1S/C18H17F3N2O2/c1-2-11-23-16(22-14-9-5-3-7-12(14)17(23)24)13-8-4-6-10-15(13)25-18(19,20)21/h3-10,16,22H,2,11H2,1H3. The zero-order valence-corrected chi connectivity index (χ0v) is 13.5. The molecular formula is C18H17F3N2O2. The van der Waals surface area contributed by atoms with Gasteiger partial charge in [0.2, 0.25) is 0 Å². The molecule has 1 heterocycles. The molecule has 2 aromatic rings. The van der Waals surface area contributed by atoms with Gasteiger partial charge in [-0.1, -0.05) is 37.3 Å². The number of nitrogens with one attached hydrogen (secondary N) is 1. The van der Waals surface area contributed by atoms with Crippen molar-refractivity contribution in [1.82, 2.24) is 4.90 Å². The van der Waals surface area contributed by atoms with Crippen LogP contribution >= 0.6 is 0 Å². The number of carbonyl (C=O) groups excluding carboxylic acids is 1. The molecule has 1 atom stereocenters. The van der Waals surface area contributed by atoms with E-state index in [1.807, 2.05) is 6.92 Å². The molecule has 0 saturated carbocycles. The summed E-state index contributed by atoms with van der Waals surface area (Å²) in [6.07, 6.45) is -4.86. The van der Waals surface area contributed by atoms with E-state index in [2.05, 4.69) is 10.1 Å². The van der Waals surface area contributed by atoms with Gasteiger partial charge in [0.15, 0.2) is 0 Å². The second-order valence-corrected chi connectivity index (χ2v) is 5.68. The minimum Gasteiger partial charge on any atom is -0.405 e. The smallest absolute Gasteiger partial charge is 0.405 e. The maximum atomic E-state index is 12.8. The van der Waals surface area contributed by atoms with E-state index in [1.165, 1.54) is 23.1 Å². The van der Waals surface area contributed by atoms with Crippen LogP contribution in [-0.4, -0.2) is 23.7 Å². The Labute approximate surface area is 143 Å². The lowest BCUT2D eigenvalue weighted by molar-refractivity contribution is -0.275. The molecule has 132 valence electrons. The third-order valence-electron chi connectivity index (χ3n) is 3.93. The fourth-order valence-corrected chi connectivity index (χ4v) is 2.93. The summed E-state index contributed by atoms with van der Waals surface area (Å²) in [5.74, 6) is -0.538. The van der Waals surface area contributed by atoms with Crippen molar-refractivity contribution in [3.63, 3.8) is 0 Å². The highest BCUT2D eigenvalue weighted by atomic mass is 19.4. The Morgan fingerprint density at radius 1 is 1.12 bits per heavy atom. The third kappa shape index (κ3) is 3.55. The van der Waals surface area contributed by atoms with Gasteiger partial charge in [0, 0.05) is 17.8 Å². The van der Waals surface area contributed by atoms with E-state index in [9.17, 15) is 18.0 Å². The molecule has 1 amide bonds. The van der Waals surface area contributed by atoms with Crippen LogP contribution in [0.1, 0.15) is 35.4 Å². The van der Waals surface area contributed by atoms with Crippen molar-refractivity contribution in [3.05, 3.63) is 59.7 Å². The van der Waals surface area contributed by atoms with E-state index in [1.54, 1.807) is 30.3 Å². The van der Waals surface area contributed by atoms with Crippen molar-refractivity contribution in [1.29, 1.82) is 0 Å². The molecule has 7 heteroatoms. The predicted molar refractivity (Wildman–Crippen MR) is 87.3 cm³/mol. The summed E-state index contributed by atoms with van der Waals surface area (Å²) < 4.78 is 42.3. The molecule has 0 spiro atoms. The normalized spacial score (nSPS) is 17.0. The third-order valence-corrected chi connectivity index (χ3v) is 3.93. The second kappa shape index (κ2) is 6.66. The van der Waals surface area contributed by atoms with Crippen molar-refractivity contribution in [3.8, 4) is 5.75 Å². The quantitative estimate of drug-likeness (QED) is 0.879. The Balaban J connectivity index is 2.05. The maximum absolute atomic E-state index is 12.8. The Hall–Kier alpha value is -2.70. The Bertz CT molecular complexity index is 777. The Kier molecular flexibility index (Phi) is 4.57. The van der Waals surface area contributed by atoms with E-state index in [0.717, 1.165) is 0 Å². The first kappa shape index (κ1) is 17.1. The van der Waals surface area contributed by atoms with Crippen LogP contribution in [-0.2, 0) is 0 Å². The Morgan fingerprint density at radius 2 is 1.80 bits per heavy atom. The van der Waals surface area contributed by atoms with Crippen molar-refractivity contribution >= 4 is 11.6 Å². The van der Waals surface area contributed by atoms with Gasteiger partial charge < -0.3 is 15.0 Å². The molecule has 25 heavy (non-hydrogen) atoms. The number of rotatable bonds is 4. The minimum absolute atomic E-state index is 0.219. The van der Waals surface area contributed by atoms with Crippen molar-refractivity contribution < 1.29 is 22.7 Å². The van der Waals surface area contributed by atoms with E-state index in [-0.39, 0.29) is 17.2 Å². The van der Waals surface area contributed by atoms with Gasteiger partial charge in [-0.15, -0.1) is 13.2 Å². The topological polar surface area (TPSA) is 41.6 Å². The molecule has 0 aliphatic carbocycles. The molecule has 4 nitrogen and oxygen atoms in total. The van der Waals surface area contributed by atoms with Crippen LogP contribution in [0.25, 0.3) is 0 Å². The van der Waals surface area contributed by atoms with Crippen LogP contribution in [0.2, 0.25) is 0 Å². The van der Waals surface area contributed by atoms with E-state index < -0.39 is 12.5 Å². The van der Waals surface area contributed by atoms with Gasteiger partial charge >= 0.3 is 6.36 Å². The van der Waals surface area contributed by atoms with Gasteiger partial charge in [0.25, 0.3) is 5.91 Å². The number of fused-ring (bicyclic) bond motifs is 1. The van der Waals surface area contributed by atoms with E-state index >= 15 is 0 Å². The average Bonchev–Trinajstić information content (AvgIpc) is 2.57. The molecule has 3 rings (SSSR count). The number of alkyl halides is 3. The molecule has 2 aromatic carbocycles. The molecule has 0 radical (unpaired) electrons. The highest BCUT2D eigenvalue weighted by molar-refractivity contribution is 6.01. The summed E-state index contributed by atoms with van der Waals surface area (Å²) in [6.45, 7) is 2.31. The molecule has 1 N–H and O–H groups in total. The minimum atomic E-state index is -4.80. The second-order valence-electron chi connectivity index (χ2n) is 5.68. The number of ether oxygens (including phenoxy) is 1. The monoisotopic (exact) mass is 350 g/mol. The SMILES string of the molecule is CCCN1C(=O)c2ccccc2NC1c1ccccc1OC(F)(F)F. The zero-order valence-electron chi connectivity index (χ0n) is 13.5. The zero-order chi connectivity index (χ0) is 18.0. The highest BCUT2D eigenvalue weighted by Gasteiger charge is 2.37. The van der Waals surface area contributed by atoms with Crippen LogP contribution < -0.4 is 10.1 Å². The van der Waals surface area contributed by atoms with Gasteiger partial charge in [-0.2, -0.15) is 0 Å². The summed E-state index contributed by atoms with van der Waals surface area (Å²) in [4.78, 5) is 14.3. The fraction of sp³-hybridized carbons (Fsp3) is 0.278. The summed E-state index contributed by atoms with van der Waals surface area (Å²) in [5.41, 5.74) is 1.35. The highest BCUT2D eigenvalue weighted by Crippen LogP contribution is 2.38. The number of anilines is 1. The molecule has 1 aliphatic rings. The average molecular weight is 350 g/mol. The van der Waals surface area contributed by atoms with Gasteiger partial charge in [-0.05, 0) is 24.6 Å². The summed E-state index contributed by atoms with van der Waals surface area (Å²) >= 11 is 0. The number of benzene rings is 2. The van der Waals surface area contributed by atoms with Crippen LogP contribution in [0.5, 0.6) is 5.75 Å². The van der Waals surface area contributed by atoms with Crippen molar-refractivity contribution in [2.24, 2.45) is 0 Å². The van der Waals surface area contributed by atoms with Crippen molar-refractivity contribution in [2.75, 3.05) is 11.9 Å². The Morgan fingerprint density at radius 3 is 2.52 bits per heavy atom. The first-order chi connectivity index (χ1) is 11.9. The molecule has 1 aliphatic heterocycles. The summed E-state index contributed by atoms with van der Waals surface area (Å²) in [5, 5.41) is 3.16. The number of para-hydroxylation sites is 2. The fourth-order valence-electron chi connectivity index (χ4n) is 2.93. The van der Waals surface area contributed by atoms with E-state index in [4.69, 9.17) is 0 Å². The number of hydrogen-bond donors (Lipinski definition) is 1. The van der Waals surface area contributed by atoms with E-state index in [0.29, 0.717) is 24.2 Å². The van der Waals surface area contributed by atoms with Gasteiger partial charge in [-0.25, -0.2) is 0 Å². The van der Waals surface area contributed by atoms with Gasteiger partial charge in [0.05, 0.1) is 5.56 Å². The molecule has 0 bridgehead atoms. The number of hydrogen-bond acceptors (Lipinski definition) is 3. The molecule has 0 saturated heterocycles. The van der Waals surface area contributed by atoms with Crippen LogP contribution in [0, 0.1) is 0 Å². The first-order valence-electron chi connectivity index (χ1n) is 7.92. The maximum Gasteiger partial charge on any atom is 0.573 e. The van der Waals surface area contributed by atoms with Crippen LogP contribution in [0.3, 0.4) is 0 Å². The lowest BCUT2D eigenvalue weighted by Crippen LogP contribution is -2.43. The molecule has 0 aromatic heterocycles. The molecular weight excluding hydrogens is 333 g/mol.